The quantitative estimate of drug-likeness (QED) is 0.752. The fraction of sp³-hybridized carbons (Fsp3) is 1.00. The van der Waals surface area contributed by atoms with Crippen molar-refractivity contribution in [3.63, 3.8) is 0 Å². The molecule has 5 nitrogen and oxygen atoms in total. The molecule has 4 rings (SSSR count). The molecule has 0 spiro atoms. The van der Waals surface area contributed by atoms with E-state index in [9.17, 15) is 16.8 Å². The van der Waals surface area contributed by atoms with Gasteiger partial charge in [-0.3, -0.25) is 0 Å². The Morgan fingerprint density at radius 2 is 1.38 bits per heavy atom. The summed E-state index contributed by atoms with van der Waals surface area (Å²) < 4.78 is 50.3. The van der Waals surface area contributed by atoms with Crippen molar-refractivity contribution in [1.82, 2.24) is 4.31 Å². The van der Waals surface area contributed by atoms with E-state index < -0.39 is 25.1 Å². The Kier molecular flexibility index (Phi) is 3.22. The zero-order valence-corrected chi connectivity index (χ0v) is 13.8. The van der Waals surface area contributed by atoms with Crippen molar-refractivity contribution in [3.8, 4) is 0 Å². The van der Waals surface area contributed by atoms with Crippen molar-refractivity contribution in [1.29, 1.82) is 0 Å². The normalized spacial score (nSPS) is 43.2. The lowest BCUT2D eigenvalue weighted by atomic mass is 9.82. The van der Waals surface area contributed by atoms with Gasteiger partial charge in [0.1, 0.15) is 9.84 Å². The minimum Gasteiger partial charge on any atom is -0.229 e. The van der Waals surface area contributed by atoms with Gasteiger partial charge >= 0.3 is 0 Å². The summed E-state index contributed by atoms with van der Waals surface area (Å²) in [7, 11) is -6.31. The third-order valence-corrected chi connectivity index (χ3v) is 10.4. The van der Waals surface area contributed by atoms with Gasteiger partial charge in [-0.25, -0.2) is 21.1 Å². The molecule has 0 amide bonds. The molecule has 120 valence electrons. The first-order valence-electron chi connectivity index (χ1n) is 8.06. The van der Waals surface area contributed by atoms with Crippen molar-refractivity contribution in [2.45, 2.75) is 37.4 Å². The molecule has 0 aromatic heterocycles. The third-order valence-electron chi connectivity index (χ3n) is 6.39. The summed E-state index contributed by atoms with van der Waals surface area (Å²) in [6.07, 6.45) is 4.43. The van der Waals surface area contributed by atoms with Crippen LogP contribution < -0.4 is 0 Å². The minimum atomic E-state index is -3.30. The first-order valence-corrected chi connectivity index (χ1v) is 11.4. The Labute approximate surface area is 127 Å². The zero-order chi connectivity index (χ0) is 14.8. The summed E-state index contributed by atoms with van der Waals surface area (Å²) in [5.41, 5.74) is 0. The summed E-state index contributed by atoms with van der Waals surface area (Å²) in [6, 6.07) is 0. The molecule has 0 aromatic rings. The molecule has 4 fully saturated rings. The van der Waals surface area contributed by atoms with Crippen molar-refractivity contribution in [2.24, 2.45) is 23.7 Å². The van der Waals surface area contributed by atoms with Crippen molar-refractivity contribution in [3.05, 3.63) is 0 Å². The summed E-state index contributed by atoms with van der Waals surface area (Å²) >= 11 is 0. The first kappa shape index (κ1) is 14.5. The lowest BCUT2D eigenvalue weighted by molar-refractivity contribution is 0.281. The molecule has 0 aromatic carbocycles. The second-order valence-electron chi connectivity index (χ2n) is 7.37. The van der Waals surface area contributed by atoms with E-state index in [0.717, 1.165) is 11.8 Å². The third kappa shape index (κ3) is 2.27. The molecule has 2 aliphatic heterocycles. The van der Waals surface area contributed by atoms with Crippen LogP contribution in [0.25, 0.3) is 0 Å². The summed E-state index contributed by atoms with van der Waals surface area (Å²) in [5, 5.41) is -0.475. The molecule has 4 unspecified atom stereocenters. The van der Waals surface area contributed by atoms with Crippen LogP contribution in [0.1, 0.15) is 32.1 Å². The minimum absolute atomic E-state index is 0.0306. The lowest BCUT2D eigenvalue weighted by Gasteiger charge is -2.27. The van der Waals surface area contributed by atoms with Crippen LogP contribution in [-0.4, -0.2) is 51.0 Å². The maximum Gasteiger partial charge on any atom is 0.217 e. The Balaban J connectivity index is 1.49. The number of nitrogens with zero attached hydrogens (tertiary/aromatic N) is 1. The Bertz CT molecular complexity index is 610. The fourth-order valence-electron chi connectivity index (χ4n) is 5.23. The average molecular weight is 333 g/mol. The van der Waals surface area contributed by atoms with Crippen molar-refractivity contribution >= 4 is 19.9 Å². The highest BCUT2D eigenvalue weighted by atomic mass is 32.2. The smallest absolute Gasteiger partial charge is 0.217 e. The van der Waals surface area contributed by atoms with Crippen LogP contribution in [0, 0.1) is 23.7 Å². The molecule has 7 heteroatoms. The van der Waals surface area contributed by atoms with E-state index in [-0.39, 0.29) is 24.3 Å². The lowest BCUT2D eigenvalue weighted by Crippen LogP contribution is -2.42. The number of rotatable bonds is 2. The number of hydrogen-bond acceptors (Lipinski definition) is 4. The molecular formula is C14H23NO4S2. The second-order valence-corrected chi connectivity index (χ2v) is 11.9. The predicted octanol–water partition coefficient (Wildman–Crippen LogP) is 0.871. The highest BCUT2D eigenvalue weighted by Crippen LogP contribution is 2.55. The Morgan fingerprint density at radius 1 is 0.857 bits per heavy atom. The fourth-order valence-corrected chi connectivity index (χ4v) is 9.03. The molecule has 2 saturated carbocycles. The standard InChI is InChI=1S/C14H23NO4S2/c16-20(17)5-3-12(4-6-20)21(18,19)15-8-13-10-1-2-11(7-10)14(13)9-15/h10-14H,1-9H2. The molecule has 4 aliphatic rings. The zero-order valence-electron chi connectivity index (χ0n) is 12.1. The molecule has 0 N–H and O–H groups in total. The molecule has 2 heterocycles. The van der Waals surface area contributed by atoms with Crippen molar-refractivity contribution in [2.75, 3.05) is 24.6 Å². The van der Waals surface area contributed by atoms with Gasteiger partial charge in [0.2, 0.25) is 10.0 Å². The molecule has 0 radical (unpaired) electrons. The highest BCUT2D eigenvalue weighted by Gasteiger charge is 2.54. The van der Waals surface area contributed by atoms with Gasteiger partial charge in [-0.15, -0.1) is 0 Å². The van der Waals surface area contributed by atoms with Gasteiger partial charge < -0.3 is 0 Å². The van der Waals surface area contributed by atoms with Gasteiger partial charge in [0.05, 0.1) is 16.8 Å². The summed E-state index contributed by atoms with van der Waals surface area (Å²) in [5.74, 6) is 2.70. The van der Waals surface area contributed by atoms with Gasteiger partial charge in [-0.1, -0.05) is 0 Å². The maximum atomic E-state index is 12.8. The monoisotopic (exact) mass is 333 g/mol. The van der Waals surface area contributed by atoms with Gasteiger partial charge in [0.15, 0.2) is 0 Å². The molecule has 21 heavy (non-hydrogen) atoms. The molecular weight excluding hydrogens is 310 g/mol. The van der Waals surface area contributed by atoms with Crippen molar-refractivity contribution < 1.29 is 16.8 Å². The average Bonchev–Trinajstić information content (AvgIpc) is 3.11. The van der Waals surface area contributed by atoms with Gasteiger partial charge in [-0.05, 0) is 55.8 Å². The van der Waals surface area contributed by atoms with Gasteiger partial charge in [-0.2, -0.15) is 0 Å². The maximum absolute atomic E-state index is 12.8. The molecule has 2 saturated heterocycles. The van der Waals surface area contributed by atoms with E-state index in [2.05, 4.69) is 0 Å². The van der Waals surface area contributed by atoms with E-state index in [1.807, 2.05) is 0 Å². The van der Waals surface area contributed by atoms with E-state index in [0.29, 0.717) is 24.9 Å². The Morgan fingerprint density at radius 3 is 1.90 bits per heavy atom. The van der Waals surface area contributed by atoms with Gasteiger partial charge in [0.25, 0.3) is 0 Å². The van der Waals surface area contributed by atoms with Crippen LogP contribution in [0.5, 0.6) is 0 Å². The van der Waals surface area contributed by atoms with E-state index in [1.165, 1.54) is 19.3 Å². The van der Waals surface area contributed by atoms with Crippen LogP contribution in [0.15, 0.2) is 0 Å². The van der Waals surface area contributed by atoms with Crippen LogP contribution in [0.3, 0.4) is 0 Å². The Hall–Kier alpha value is -0.140. The van der Waals surface area contributed by atoms with Crippen LogP contribution >= 0.6 is 0 Å². The van der Waals surface area contributed by atoms with E-state index in [4.69, 9.17) is 0 Å². The van der Waals surface area contributed by atoms with Crippen LogP contribution in [0.2, 0.25) is 0 Å². The van der Waals surface area contributed by atoms with Crippen LogP contribution in [0.4, 0.5) is 0 Å². The van der Waals surface area contributed by atoms with Gasteiger partial charge in [0, 0.05) is 13.1 Å². The largest absolute Gasteiger partial charge is 0.229 e. The first-order chi connectivity index (χ1) is 9.87. The van der Waals surface area contributed by atoms with E-state index in [1.54, 1.807) is 4.31 Å². The summed E-state index contributed by atoms with van der Waals surface area (Å²) in [6.45, 7) is 1.38. The predicted molar refractivity (Wildman–Crippen MR) is 80.0 cm³/mol. The molecule has 4 atom stereocenters. The molecule has 2 bridgehead atoms. The van der Waals surface area contributed by atoms with E-state index >= 15 is 0 Å². The number of hydrogen-bond donors (Lipinski definition) is 0. The molecule has 2 aliphatic carbocycles. The topological polar surface area (TPSA) is 71.5 Å². The number of sulfonamides is 1. The second kappa shape index (κ2) is 4.68. The van der Waals surface area contributed by atoms with Crippen LogP contribution in [-0.2, 0) is 19.9 Å². The SMILES string of the molecule is O=S1(=O)CCC(S(=O)(=O)N2CC3C4CCC(C4)C3C2)CC1. The number of fused-ring (bicyclic) bond motifs is 5. The highest BCUT2D eigenvalue weighted by molar-refractivity contribution is 7.92. The number of sulfone groups is 1. The summed E-state index contributed by atoms with van der Waals surface area (Å²) in [4.78, 5) is 0.